The summed E-state index contributed by atoms with van der Waals surface area (Å²) < 4.78 is 4.88. The second-order valence-corrected chi connectivity index (χ2v) is 2.30. The van der Waals surface area contributed by atoms with Crippen molar-refractivity contribution >= 4 is 5.78 Å². The molecule has 12 heavy (non-hydrogen) atoms. The molecule has 1 radical (unpaired) electrons. The first-order valence-corrected chi connectivity index (χ1v) is 3.88. The molecule has 0 fully saturated rings. The first kappa shape index (κ1) is 8.94. The normalized spacial score (nSPS) is 9.75. The van der Waals surface area contributed by atoms with Crippen molar-refractivity contribution in [2.45, 2.75) is 6.92 Å². The first-order valence-electron chi connectivity index (χ1n) is 3.88. The lowest BCUT2D eigenvalue weighted by Gasteiger charge is -1.98. The number of hydrogen-bond donors (Lipinski definition) is 0. The van der Waals surface area contributed by atoms with Gasteiger partial charge in [-0.15, -0.1) is 0 Å². The van der Waals surface area contributed by atoms with Crippen molar-refractivity contribution in [1.82, 2.24) is 0 Å². The highest BCUT2D eigenvalue weighted by atomic mass is 16.5. The zero-order valence-corrected chi connectivity index (χ0v) is 6.99. The molecular formula is C10H11O2. The summed E-state index contributed by atoms with van der Waals surface area (Å²) in [6.07, 6.45) is 0. The molecule has 0 bridgehead atoms. The standard InChI is InChI=1S/C10H11O2/c1-2-12-8-10(11)9-6-4-3-5-7-9/h3-8H,2H2,1H3. The van der Waals surface area contributed by atoms with Gasteiger partial charge >= 0.3 is 0 Å². The Kier molecular flexibility index (Phi) is 3.48. The van der Waals surface area contributed by atoms with Gasteiger partial charge in [0, 0.05) is 12.2 Å². The Morgan fingerprint density at radius 3 is 2.67 bits per heavy atom. The van der Waals surface area contributed by atoms with Gasteiger partial charge in [0.15, 0.2) is 12.4 Å². The van der Waals surface area contributed by atoms with Gasteiger partial charge in [0.25, 0.3) is 0 Å². The van der Waals surface area contributed by atoms with Gasteiger partial charge in [-0.2, -0.15) is 0 Å². The lowest BCUT2D eigenvalue weighted by molar-refractivity contribution is 0.0910. The van der Waals surface area contributed by atoms with E-state index in [4.69, 9.17) is 4.74 Å². The summed E-state index contributed by atoms with van der Waals surface area (Å²) in [5, 5.41) is 0. The average Bonchev–Trinajstić information content (AvgIpc) is 2.15. The summed E-state index contributed by atoms with van der Waals surface area (Å²) in [5.74, 6) is -0.0857. The van der Waals surface area contributed by atoms with Crippen LogP contribution in [0.3, 0.4) is 0 Å². The van der Waals surface area contributed by atoms with Gasteiger partial charge in [-0.1, -0.05) is 30.3 Å². The van der Waals surface area contributed by atoms with Crippen LogP contribution in [0.2, 0.25) is 0 Å². The third kappa shape index (κ3) is 2.47. The largest absolute Gasteiger partial charge is 0.367 e. The van der Waals surface area contributed by atoms with Crippen molar-refractivity contribution in [1.29, 1.82) is 0 Å². The van der Waals surface area contributed by atoms with Gasteiger partial charge in [0.2, 0.25) is 0 Å². The van der Waals surface area contributed by atoms with Crippen molar-refractivity contribution < 1.29 is 9.53 Å². The van der Waals surface area contributed by atoms with Crippen LogP contribution in [0.5, 0.6) is 0 Å². The van der Waals surface area contributed by atoms with Gasteiger partial charge in [0.1, 0.15) is 0 Å². The van der Waals surface area contributed by atoms with Gasteiger partial charge in [-0.25, -0.2) is 0 Å². The van der Waals surface area contributed by atoms with Crippen molar-refractivity contribution in [3.8, 4) is 0 Å². The van der Waals surface area contributed by atoms with E-state index in [0.29, 0.717) is 12.2 Å². The number of benzene rings is 1. The smallest absolute Gasteiger partial charge is 0.194 e. The van der Waals surface area contributed by atoms with Crippen LogP contribution in [0.15, 0.2) is 30.3 Å². The van der Waals surface area contributed by atoms with Crippen molar-refractivity contribution in [3.63, 3.8) is 0 Å². The molecule has 1 aromatic carbocycles. The van der Waals surface area contributed by atoms with Gasteiger partial charge in [-0.3, -0.25) is 4.79 Å². The molecule has 0 unspecified atom stereocenters. The lowest BCUT2D eigenvalue weighted by Crippen LogP contribution is -2.02. The van der Waals surface area contributed by atoms with E-state index in [1.807, 2.05) is 25.1 Å². The van der Waals surface area contributed by atoms with Gasteiger partial charge < -0.3 is 4.74 Å². The molecular weight excluding hydrogens is 152 g/mol. The number of rotatable bonds is 4. The van der Waals surface area contributed by atoms with Gasteiger partial charge in [-0.05, 0) is 6.92 Å². The van der Waals surface area contributed by atoms with Crippen LogP contribution < -0.4 is 0 Å². The fraction of sp³-hybridized carbons (Fsp3) is 0.200. The Hall–Kier alpha value is -1.15. The van der Waals surface area contributed by atoms with E-state index in [1.165, 1.54) is 6.61 Å². The Morgan fingerprint density at radius 1 is 1.42 bits per heavy atom. The Balaban J connectivity index is 2.54. The molecule has 2 heteroatoms. The predicted octanol–water partition coefficient (Wildman–Crippen LogP) is 2.07. The summed E-state index contributed by atoms with van der Waals surface area (Å²) >= 11 is 0. The Morgan fingerprint density at radius 2 is 2.08 bits per heavy atom. The minimum absolute atomic E-state index is 0.0857. The Labute approximate surface area is 72.2 Å². The number of ether oxygens (including phenoxy) is 1. The van der Waals surface area contributed by atoms with Crippen LogP contribution in [0.4, 0.5) is 0 Å². The quantitative estimate of drug-likeness (QED) is 0.635. The van der Waals surface area contributed by atoms with Crippen LogP contribution in [0, 0.1) is 6.61 Å². The number of carbonyl (C=O) groups is 1. The number of hydrogen-bond acceptors (Lipinski definition) is 2. The lowest BCUT2D eigenvalue weighted by atomic mass is 10.1. The van der Waals surface area contributed by atoms with Crippen LogP contribution in [-0.4, -0.2) is 12.4 Å². The second kappa shape index (κ2) is 4.67. The molecule has 0 saturated carbocycles. The molecule has 0 aromatic heterocycles. The van der Waals surface area contributed by atoms with Gasteiger partial charge in [0.05, 0.1) is 0 Å². The average molecular weight is 163 g/mol. The molecule has 0 spiro atoms. The molecule has 2 nitrogen and oxygen atoms in total. The maximum absolute atomic E-state index is 11.2. The van der Waals surface area contributed by atoms with E-state index >= 15 is 0 Å². The molecule has 0 aliphatic carbocycles. The fourth-order valence-electron chi connectivity index (χ4n) is 0.829. The summed E-state index contributed by atoms with van der Waals surface area (Å²) in [6.45, 7) is 3.61. The minimum Gasteiger partial charge on any atom is -0.367 e. The maximum Gasteiger partial charge on any atom is 0.194 e. The fourth-order valence-corrected chi connectivity index (χ4v) is 0.829. The van der Waals surface area contributed by atoms with E-state index in [1.54, 1.807) is 12.1 Å². The molecule has 0 saturated heterocycles. The summed E-state index contributed by atoms with van der Waals surface area (Å²) in [5.41, 5.74) is 0.658. The summed E-state index contributed by atoms with van der Waals surface area (Å²) in [4.78, 5) is 11.2. The van der Waals surface area contributed by atoms with Crippen LogP contribution in [0.25, 0.3) is 0 Å². The molecule has 0 N–H and O–H groups in total. The van der Waals surface area contributed by atoms with Crippen molar-refractivity contribution in [3.05, 3.63) is 42.5 Å². The van der Waals surface area contributed by atoms with Crippen LogP contribution in [-0.2, 0) is 4.74 Å². The van der Waals surface area contributed by atoms with E-state index in [2.05, 4.69) is 0 Å². The van der Waals surface area contributed by atoms with Crippen molar-refractivity contribution in [2.24, 2.45) is 0 Å². The molecule has 1 aromatic rings. The number of Topliss-reactive ketones (excluding diaryl/α,β-unsaturated/α-hetero) is 1. The second-order valence-electron chi connectivity index (χ2n) is 2.30. The minimum atomic E-state index is -0.0857. The molecule has 63 valence electrons. The highest BCUT2D eigenvalue weighted by Crippen LogP contribution is 2.02. The van der Waals surface area contributed by atoms with E-state index in [-0.39, 0.29) is 5.78 Å². The summed E-state index contributed by atoms with van der Waals surface area (Å²) in [6, 6.07) is 9.05. The monoisotopic (exact) mass is 163 g/mol. The summed E-state index contributed by atoms with van der Waals surface area (Å²) in [7, 11) is 0. The zero-order valence-electron chi connectivity index (χ0n) is 6.99. The molecule has 0 aliphatic rings. The maximum atomic E-state index is 11.2. The Bertz CT molecular complexity index is 241. The van der Waals surface area contributed by atoms with E-state index in [9.17, 15) is 4.79 Å². The molecule has 0 amide bonds. The van der Waals surface area contributed by atoms with Crippen LogP contribution >= 0.6 is 0 Å². The van der Waals surface area contributed by atoms with E-state index < -0.39 is 0 Å². The number of ketones is 1. The molecule has 0 atom stereocenters. The highest BCUT2D eigenvalue weighted by molar-refractivity contribution is 6.01. The van der Waals surface area contributed by atoms with Crippen LogP contribution in [0.1, 0.15) is 17.3 Å². The zero-order chi connectivity index (χ0) is 8.81. The topological polar surface area (TPSA) is 26.3 Å². The predicted molar refractivity (Wildman–Crippen MR) is 46.7 cm³/mol. The SMILES string of the molecule is CCO[CH]C(=O)c1ccccc1. The highest BCUT2D eigenvalue weighted by Gasteiger charge is 2.03. The van der Waals surface area contributed by atoms with E-state index in [0.717, 1.165) is 0 Å². The molecule has 0 heterocycles. The molecule has 1 rings (SSSR count). The first-order chi connectivity index (χ1) is 5.84. The third-order valence-electron chi connectivity index (χ3n) is 1.42. The van der Waals surface area contributed by atoms with Crippen molar-refractivity contribution in [2.75, 3.05) is 6.61 Å². The third-order valence-corrected chi connectivity index (χ3v) is 1.42. The number of carbonyl (C=O) groups excluding carboxylic acids is 1. The molecule has 0 aliphatic heterocycles.